The molecule has 0 atom stereocenters. The maximum Gasteiger partial charge on any atom is 0.260 e. The number of carbonyl (C=O) groups excluding carboxylic acids is 1. The second kappa shape index (κ2) is 9.17. The van der Waals surface area contributed by atoms with Gasteiger partial charge >= 0.3 is 0 Å². The lowest BCUT2D eigenvalue weighted by atomic mass is 10.1. The maximum atomic E-state index is 13.3. The zero-order valence-corrected chi connectivity index (χ0v) is 17.8. The number of hydrogen-bond acceptors (Lipinski definition) is 5. The van der Waals surface area contributed by atoms with Crippen molar-refractivity contribution in [1.82, 2.24) is 9.88 Å². The summed E-state index contributed by atoms with van der Waals surface area (Å²) in [5.41, 5.74) is 2.58. The predicted molar refractivity (Wildman–Crippen MR) is 117 cm³/mol. The van der Waals surface area contributed by atoms with E-state index in [1.54, 1.807) is 4.90 Å². The molecule has 3 aromatic rings. The standard InChI is InChI=1S/C22H27N3O2S/c1-5-27-18-11-7-12-19-20(18)23-22(28-19)25(14-8-13-24(3)4)21(26)17-10-6-9-16(2)15-17/h6-7,9-12,15H,5,8,13-14H2,1-4H3. The fraction of sp³-hybridized carbons (Fsp3) is 0.364. The number of para-hydroxylation sites is 1. The van der Waals surface area contributed by atoms with Crippen molar-refractivity contribution < 1.29 is 9.53 Å². The Morgan fingerprint density at radius 1 is 1.14 bits per heavy atom. The Kier molecular flexibility index (Phi) is 6.65. The molecule has 1 heterocycles. The van der Waals surface area contributed by atoms with Gasteiger partial charge in [0.15, 0.2) is 5.13 Å². The highest BCUT2D eigenvalue weighted by atomic mass is 32.1. The molecule has 0 radical (unpaired) electrons. The average molecular weight is 398 g/mol. The van der Waals surface area contributed by atoms with Crippen LogP contribution in [0.4, 0.5) is 5.13 Å². The number of anilines is 1. The summed E-state index contributed by atoms with van der Waals surface area (Å²) < 4.78 is 6.74. The van der Waals surface area contributed by atoms with Crippen LogP contribution in [0.3, 0.4) is 0 Å². The summed E-state index contributed by atoms with van der Waals surface area (Å²) in [7, 11) is 4.08. The van der Waals surface area contributed by atoms with E-state index in [0.29, 0.717) is 23.8 Å². The number of nitrogens with zero attached hydrogens (tertiary/aromatic N) is 3. The van der Waals surface area contributed by atoms with E-state index in [0.717, 1.165) is 34.5 Å². The van der Waals surface area contributed by atoms with E-state index >= 15 is 0 Å². The van der Waals surface area contributed by atoms with Gasteiger partial charge < -0.3 is 9.64 Å². The van der Waals surface area contributed by atoms with Crippen molar-refractivity contribution in [1.29, 1.82) is 0 Å². The molecule has 5 nitrogen and oxygen atoms in total. The number of ether oxygens (including phenoxy) is 1. The van der Waals surface area contributed by atoms with E-state index in [1.165, 1.54) is 11.3 Å². The third-order valence-electron chi connectivity index (χ3n) is 4.40. The van der Waals surface area contributed by atoms with Crippen molar-refractivity contribution in [3.05, 3.63) is 53.6 Å². The van der Waals surface area contributed by atoms with Crippen LogP contribution in [-0.4, -0.2) is 49.6 Å². The third kappa shape index (κ3) is 4.69. The SMILES string of the molecule is CCOc1cccc2sc(N(CCCN(C)C)C(=O)c3cccc(C)c3)nc12. The van der Waals surface area contributed by atoms with E-state index in [1.807, 2.05) is 70.4 Å². The van der Waals surface area contributed by atoms with Gasteiger partial charge in [0.1, 0.15) is 11.3 Å². The van der Waals surface area contributed by atoms with Crippen LogP contribution in [-0.2, 0) is 0 Å². The lowest BCUT2D eigenvalue weighted by Crippen LogP contribution is -2.33. The monoisotopic (exact) mass is 397 g/mol. The molecule has 0 spiro atoms. The van der Waals surface area contributed by atoms with Gasteiger partial charge in [-0.15, -0.1) is 0 Å². The molecule has 0 fully saturated rings. The first-order valence-corrected chi connectivity index (χ1v) is 10.4. The molecule has 6 heteroatoms. The maximum absolute atomic E-state index is 13.3. The Labute approximate surface area is 170 Å². The van der Waals surface area contributed by atoms with Gasteiger partial charge in [-0.1, -0.05) is 35.1 Å². The fourth-order valence-electron chi connectivity index (χ4n) is 3.06. The molecule has 0 aliphatic carbocycles. The molecule has 3 rings (SSSR count). The minimum Gasteiger partial charge on any atom is -0.492 e. The lowest BCUT2D eigenvalue weighted by Gasteiger charge is -2.21. The summed E-state index contributed by atoms with van der Waals surface area (Å²) in [4.78, 5) is 22.0. The van der Waals surface area contributed by atoms with Gasteiger partial charge in [0, 0.05) is 12.1 Å². The summed E-state index contributed by atoms with van der Waals surface area (Å²) in [6, 6.07) is 13.6. The summed E-state index contributed by atoms with van der Waals surface area (Å²) in [5.74, 6) is 0.748. The van der Waals surface area contributed by atoms with Crippen LogP contribution in [0.5, 0.6) is 5.75 Å². The molecule has 0 aliphatic heterocycles. The second-order valence-corrected chi connectivity index (χ2v) is 8.02. The molecular weight excluding hydrogens is 370 g/mol. The molecular formula is C22H27N3O2S. The van der Waals surface area contributed by atoms with Gasteiger partial charge in [0.2, 0.25) is 0 Å². The van der Waals surface area contributed by atoms with Crippen LogP contribution >= 0.6 is 11.3 Å². The van der Waals surface area contributed by atoms with E-state index in [-0.39, 0.29) is 5.91 Å². The predicted octanol–water partition coefficient (Wildman–Crippen LogP) is 4.60. The van der Waals surface area contributed by atoms with Crippen molar-refractivity contribution in [2.45, 2.75) is 20.3 Å². The minimum absolute atomic E-state index is 0.0144. The van der Waals surface area contributed by atoms with Crippen LogP contribution in [0.15, 0.2) is 42.5 Å². The van der Waals surface area contributed by atoms with E-state index < -0.39 is 0 Å². The Morgan fingerprint density at radius 2 is 1.93 bits per heavy atom. The number of aryl methyl sites for hydroxylation is 1. The molecule has 0 bridgehead atoms. The zero-order chi connectivity index (χ0) is 20.1. The van der Waals surface area contributed by atoms with Crippen molar-refractivity contribution >= 4 is 32.6 Å². The highest BCUT2D eigenvalue weighted by molar-refractivity contribution is 7.22. The first kappa shape index (κ1) is 20.3. The largest absolute Gasteiger partial charge is 0.492 e. The number of hydrogen-bond donors (Lipinski definition) is 0. The van der Waals surface area contributed by atoms with Gasteiger partial charge in [0.05, 0.1) is 11.3 Å². The fourth-order valence-corrected chi connectivity index (χ4v) is 4.07. The van der Waals surface area contributed by atoms with Gasteiger partial charge in [-0.05, 0) is 65.2 Å². The molecule has 1 aromatic heterocycles. The third-order valence-corrected chi connectivity index (χ3v) is 5.44. The van der Waals surface area contributed by atoms with Crippen LogP contribution in [0.1, 0.15) is 29.3 Å². The molecule has 0 unspecified atom stereocenters. The normalized spacial score (nSPS) is 11.2. The van der Waals surface area contributed by atoms with E-state index in [2.05, 4.69) is 4.90 Å². The van der Waals surface area contributed by atoms with E-state index in [4.69, 9.17) is 9.72 Å². The number of rotatable bonds is 8. The number of amides is 1. The second-order valence-electron chi connectivity index (χ2n) is 7.02. The molecule has 2 aromatic carbocycles. The molecule has 0 saturated heterocycles. The van der Waals surface area contributed by atoms with Crippen LogP contribution in [0, 0.1) is 6.92 Å². The van der Waals surface area contributed by atoms with E-state index in [9.17, 15) is 4.79 Å². The van der Waals surface area contributed by atoms with Crippen LogP contribution in [0.25, 0.3) is 10.2 Å². The minimum atomic E-state index is -0.0144. The number of aromatic nitrogens is 1. The Hall–Kier alpha value is -2.44. The molecule has 28 heavy (non-hydrogen) atoms. The van der Waals surface area contributed by atoms with Gasteiger partial charge in [0.25, 0.3) is 5.91 Å². The molecule has 0 N–H and O–H groups in total. The molecule has 0 saturated carbocycles. The van der Waals surface area contributed by atoms with Crippen molar-refractivity contribution in [2.24, 2.45) is 0 Å². The Bertz CT molecular complexity index is 952. The van der Waals surface area contributed by atoms with Crippen molar-refractivity contribution in [3.8, 4) is 5.75 Å². The Morgan fingerprint density at radius 3 is 2.64 bits per heavy atom. The average Bonchev–Trinajstić information content (AvgIpc) is 3.09. The molecule has 1 amide bonds. The quantitative estimate of drug-likeness (QED) is 0.557. The number of benzene rings is 2. The smallest absolute Gasteiger partial charge is 0.260 e. The Balaban J connectivity index is 1.97. The highest BCUT2D eigenvalue weighted by Crippen LogP contribution is 2.35. The van der Waals surface area contributed by atoms with Gasteiger partial charge in [-0.25, -0.2) is 4.98 Å². The van der Waals surface area contributed by atoms with Crippen LogP contribution in [0.2, 0.25) is 0 Å². The highest BCUT2D eigenvalue weighted by Gasteiger charge is 2.22. The van der Waals surface area contributed by atoms with Gasteiger partial charge in [-0.2, -0.15) is 0 Å². The molecule has 148 valence electrons. The number of fused-ring (bicyclic) bond motifs is 1. The van der Waals surface area contributed by atoms with Crippen molar-refractivity contribution in [3.63, 3.8) is 0 Å². The molecule has 0 aliphatic rings. The lowest BCUT2D eigenvalue weighted by molar-refractivity contribution is 0.0986. The summed E-state index contributed by atoms with van der Waals surface area (Å²) in [5, 5.41) is 0.715. The number of carbonyl (C=O) groups is 1. The van der Waals surface area contributed by atoms with Crippen LogP contribution < -0.4 is 9.64 Å². The number of thiazole rings is 1. The van der Waals surface area contributed by atoms with Gasteiger partial charge in [-0.3, -0.25) is 9.69 Å². The first-order valence-electron chi connectivity index (χ1n) is 9.55. The zero-order valence-electron chi connectivity index (χ0n) is 16.9. The summed E-state index contributed by atoms with van der Waals surface area (Å²) in [6.07, 6.45) is 0.874. The summed E-state index contributed by atoms with van der Waals surface area (Å²) >= 11 is 1.53. The first-order chi connectivity index (χ1) is 13.5. The van der Waals surface area contributed by atoms with Crippen molar-refractivity contribution in [2.75, 3.05) is 38.7 Å². The summed E-state index contributed by atoms with van der Waals surface area (Å²) in [6.45, 7) is 6.07. The topological polar surface area (TPSA) is 45.7 Å².